The fourth-order valence-electron chi connectivity index (χ4n) is 2.86. The SMILES string of the molecule is CCN(c1ccccc1)S(=O)(=O)c1ccc(Cl)c(C(=O)NCCCC(C)C)c1. The van der Waals surface area contributed by atoms with Crippen LogP contribution in [0.4, 0.5) is 5.69 Å². The number of carbonyl (C=O) groups excluding carboxylic acids is 1. The summed E-state index contributed by atoms with van der Waals surface area (Å²) in [5, 5.41) is 3.04. The number of anilines is 1. The number of hydrogen-bond donors (Lipinski definition) is 1. The zero-order valence-corrected chi connectivity index (χ0v) is 18.1. The third kappa shape index (κ3) is 5.49. The summed E-state index contributed by atoms with van der Waals surface area (Å²) in [6, 6.07) is 13.1. The first-order chi connectivity index (χ1) is 13.3. The predicted octanol–water partition coefficient (Wildman–Crippen LogP) is 4.72. The van der Waals surface area contributed by atoms with Crippen molar-refractivity contribution in [3.63, 3.8) is 0 Å². The van der Waals surface area contributed by atoms with E-state index in [9.17, 15) is 13.2 Å². The monoisotopic (exact) mass is 422 g/mol. The number of carbonyl (C=O) groups is 1. The smallest absolute Gasteiger partial charge is 0.264 e. The maximum Gasteiger partial charge on any atom is 0.264 e. The highest BCUT2D eigenvalue weighted by Gasteiger charge is 2.25. The molecule has 0 saturated heterocycles. The minimum Gasteiger partial charge on any atom is -0.352 e. The fourth-order valence-corrected chi connectivity index (χ4v) is 4.56. The Bertz CT molecular complexity index is 899. The molecule has 0 heterocycles. The first kappa shape index (κ1) is 22.2. The molecule has 0 radical (unpaired) electrons. The van der Waals surface area contributed by atoms with Crippen LogP contribution in [0.5, 0.6) is 0 Å². The van der Waals surface area contributed by atoms with E-state index in [-0.39, 0.29) is 27.9 Å². The van der Waals surface area contributed by atoms with Crippen molar-refractivity contribution in [1.29, 1.82) is 0 Å². The van der Waals surface area contributed by atoms with Gasteiger partial charge in [0, 0.05) is 13.1 Å². The highest BCUT2D eigenvalue weighted by Crippen LogP contribution is 2.26. The quantitative estimate of drug-likeness (QED) is 0.594. The van der Waals surface area contributed by atoms with E-state index in [1.807, 2.05) is 6.07 Å². The van der Waals surface area contributed by atoms with Gasteiger partial charge in [0.25, 0.3) is 15.9 Å². The van der Waals surface area contributed by atoms with Crippen molar-refractivity contribution >= 4 is 33.2 Å². The van der Waals surface area contributed by atoms with Crippen molar-refractivity contribution in [1.82, 2.24) is 5.32 Å². The summed E-state index contributed by atoms with van der Waals surface area (Å²) >= 11 is 6.17. The molecule has 152 valence electrons. The van der Waals surface area contributed by atoms with E-state index in [2.05, 4.69) is 19.2 Å². The van der Waals surface area contributed by atoms with Gasteiger partial charge >= 0.3 is 0 Å². The van der Waals surface area contributed by atoms with Crippen molar-refractivity contribution in [3.05, 3.63) is 59.1 Å². The molecule has 0 aliphatic heterocycles. The molecular formula is C21H27ClN2O3S. The molecule has 0 fully saturated rings. The van der Waals surface area contributed by atoms with Crippen molar-refractivity contribution in [2.24, 2.45) is 5.92 Å². The zero-order valence-electron chi connectivity index (χ0n) is 16.5. The Kier molecular flexibility index (Phi) is 7.89. The second kappa shape index (κ2) is 9.94. The van der Waals surface area contributed by atoms with Gasteiger partial charge in [-0.2, -0.15) is 0 Å². The van der Waals surface area contributed by atoms with Crippen molar-refractivity contribution in [2.45, 2.75) is 38.5 Å². The molecule has 0 bridgehead atoms. The molecule has 2 aromatic rings. The van der Waals surface area contributed by atoms with Crippen LogP contribution in [0.3, 0.4) is 0 Å². The van der Waals surface area contributed by atoms with E-state index in [0.717, 1.165) is 12.8 Å². The Morgan fingerprint density at radius 3 is 2.43 bits per heavy atom. The van der Waals surface area contributed by atoms with Gasteiger partial charge in [-0.25, -0.2) is 8.42 Å². The molecule has 2 aromatic carbocycles. The average molecular weight is 423 g/mol. The topological polar surface area (TPSA) is 66.5 Å². The van der Waals surface area contributed by atoms with Gasteiger partial charge in [0.15, 0.2) is 0 Å². The number of para-hydroxylation sites is 1. The lowest BCUT2D eigenvalue weighted by Crippen LogP contribution is -2.31. The predicted molar refractivity (Wildman–Crippen MR) is 115 cm³/mol. The summed E-state index contributed by atoms with van der Waals surface area (Å²) in [6.07, 6.45) is 1.86. The Balaban J connectivity index is 2.26. The maximum atomic E-state index is 13.1. The molecule has 2 rings (SSSR count). The van der Waals surface area contributed by atoms with Crippen LogP contribution in [0.25, 0.3) is 0 Å². The molecule has 0 aromatic heterocycles. The largest absolute Gasteiger partial charge is 0.352 e. The van der Waals surface area contributed by atoms with Gasteiger partial charge in [0.05, 0.1) is 21.2 Å². The van der Waals surface area contributed by atoms with Crippen LogP contribution in [-0.2, 0) is 10.0 Å². The van der Waals surface area contributed by atoms with Crippen LogP contribution in [0.1, 0.15) is 44.0 Å². The number of sulfonamides is 1. The Morgan fingerprint density at radius 1 is 1.14 bits per heavy atom. The molecule has 1 amide bonds. The van der Waals surface area contributed by atoms with Gasteiger partial charge in [0.1, 0.15) is 0 Å². The summed E-state index contributed by atoms with van der Waals surface area (Å²) in [5.41, 5.74) is 0.732. The molecule has 0 saturated carbocycles. The Morgan fingerprint density at radius 2 is 1.82 bits per heavy atom. The number of rotatable bonds is 9. The average Bonchev–Trinajstić information content (AvgIpc) is 2.66. The summed E-state index contributed by atoms with van der Waals surface area (Å²) < 4.78 is 27.6. The van der Waals surface area contributed by atoms with Gasteiger partial charge < -0.3 is 5.32 Å². The van der Waals surface area contributed by atoms with E-state index in [1.165, 1.54) is 22.5 Å². The standard InChI is InChI=1S/C21H27ClN2O3S/c1-4-24(17-10-6-5-7-11-17)28(26,27)18-12-13-20(22)19(15-18)21(25)23-14-8-9-16(2)3/h5-7,10-13,15-16H,4,8-9,14H2,1-3H3,(H,23,25). The lowest BCUT2D eigenvalue weighted by Gasteiger charge is -2.23. The number of halogens is 1. The summed E-state index contributed by atoms with van der Waals surface area (Å²) in [7, 11) is -3.82. The third-order valence-corrected chi connectivity index (χ3v) is 6.57. The number of amides is 1. The lowest BCUT2D eigenvalue weighted by atomic mass is 10.1. The van der Waals surface area contributed by atoms with E-state index in [1.54, 1.807) is 31.2 Å². The molecule has 28 heavy (non-hydrogen) atoms. The van der Waals surface area contributed by atoms with E-state index >= 15 is 0 Å². The van der Waals surface area contributed by atoms with Crippen LogP contribution in [0.2, 0.25) is 5.02 Å². The third-order valence-electron chi connectivity index (χ3n) is 4.35. The van der Waals surface area contributed by atoms with Gasteiger partial charge in [-0.1, -0.05) is 43.6 Å². The normalized spacial score (nSPS) is 11.5. The minimum atomic E-state index is -3.82. The molecular weight excluding hydrogens is 396 g/mol. The number of benzene rings is 2. The molecule has 0 unspecified atom stereocenters. The van der Waals surface area contributed by atoms with Crippen molar-refractivity contribution < 1.29 is 13.2 Å². The summed E-state index contributed by atoms with van der Waals surface area (Å²) in [4.78, 5) is 12.5. The second-order valence-electron chi connectivity index (χ2n) is 6.94. The second-order valence-corrected chi connectivity index (χ2v) is 9.21. The first-order valence-electron chi connectivity index (χ1n) is 9.43. The van der Waals surface area contributed by atoms with Gasteiger partial charge in [-0.15, -0.1) is 0 Å². The fraction of sp³-hybridized carbons (Fsp3) is 0.381. The van der Waals surface area contributed by atoms with Crippen LogP contribution in [0.15, 0.2) is 53.4 Å². The van der Waals surface area contributed by atoms with E-state index in [4.69, 9.17) is 11.6 Å². The van der Waals surface area contributed by atoms with Crippen molar-refractivity contribution in [3.8, 4) is 0 Å². The van der Waals surface area contributed by atoms with Crippen LogP contribution < -0.4 is 9.62 Å². The number of nitrogens with one attached hydrogen (secondary N) is 1. The number of hydrogen-bond acceptors (Lipinski definition) is 3. The molecule has 1 N–H and O–H groups in total. The minimum absolute atomic E-state index is 0.0370. The summed E-state index contributed by atoms with van der Waals surface area (Å²) in [5.74, 6) is 0.195. The highest BCUT2D eigenvalue weighted by molar-refractivity contribution is 7.92. The van der Waals surface area contributed by atoms with Crippen molar-refractivity contribution in [2.75, 3.05) is 17.4 Å². The van der Waals surface area contributed by atoms with E-state index < -0.39 is 10.0 Å². The molecule has 7 heteroatoms. The maximum absolute atomic E-state index is 13.1. The zero-order chi connectivity index (χ0) is 20.7. The summed E-state index contributed by atoms with van der Waals surface area (Å²) in [6.45, 7) is 6.81. The van der Waals surface area contributed by atoms with E-state index in [0.29, 0.717) is 18.2 Å². The molecule has 0 atom stereocenters. The molecule has 5 nitrogen and oxygen atoms in total. The molecule has 0 spiro atoms. The molecule has 0 aliphatic carbocycles. The molecule has 0 aliphatic rings. The van der Waals surface area contributed by atoms with Gasteiger partial charge in [0.2, 0.25) is 0 Å². The first-order valence-corrected chi connectivity index (χ1v) is 11.2. The number of nitrogens with zero attached hydrogens (tertiary/aromatic N) is 1. The highest BCUT2D eigenvalue weighted by atomic mass is 35.5. The van der Waals surface area contributed by atoms with Gasteiger partial charge in [-0.05, 0) is 56.0 Å². The Hall–Kier alpha value is -2.05. The van der Waals surface area contributed by atoms with Gasteiger partial charge in [-0.3, -0.25) is 9.10 Å². The lowest BCUT2D eigenvalue weighted by molar-refractivity contribution is 0.0952. The van der Waals surface area contributed by atoms with Crippen LogP contribution >= 0.6 is 11.6 Å². The Labute approximate surface area is 172 Å². The van der Waals surface area contributed by atoms with Crippen LogP contribution in [-0.4, -0.2) is 27.4 Å². The van der Waals surface area contributed by atoms with Crippen LogP contribution in [0, 0.1) is 5.92 Å².